The van der Waals surface area contributed by atoms with Crippen molar-refractivity contribution in [1.82, 2.24) is 4.98 Å². The first-order valence-corrected chi connectivity index (χ1v) is 5.60. The maximum Gasteiger partial charge on any atom is 0.356 e. The van der Waals surface area contributed by atoms with Crippen molar-refractivity contribution in [2.24, 2.45) is 0 Å². The molecule has 0 bridgehead atoms. The van der Waals surface area contributed by atoms with Crippen LogP contribution in [0, 0.1) is 0 Å². The lowest BCUT2D eigenvalue weighted by atomic mass is 10.2. The molecule has 2 rings (SSSR count). The first-order chi connectivity index (χ1) is 6.59. The van der Waals surface area contributed by atoms with E-state index in [0.29, 0.717) is 10.9 Å². The van der Waals surface area contributed by atoms with Gasteiger partial charge < -0.3 is 9.79 Å². The lowest BCUT2D eigenvalue weighted by Crippen LogP contribution is -2.05. The van der Waals surface area contributed by atoms with Gasteiger partial charge in [-0.3, -0.25) is 9.55 Å². The van der Waals surface area contributed by atoms with Gasteiger partial charge in [-0.05, 0) is 12.1 Å². The van der Waals surface area contributed by atoms with E-state index in [1.165, 1.54) is 12.3 Å². The summed E-state index contributed by atoms with van der Waals surface area (Å²) in [6.07, 6.45) is 1.40. The highest BCUT2D eigenvalue weighted by Crippen LogP contribution is 2.35. The third-order valence-corrected chi connectivity index (χ3v) is 2.96. The number of fused-ring (bicyclic) bond motifs is 1. The van der Waals surface area contributed by atoms with Gasteiger partial charge in [0.25, 0.3) is 0 Å². The minimum absolute atomic E-state index is 0.0306. The van der Waals surface area contributed by atoms with Crippen LogP contribution in [0.1, 0.15) is 0 Å². The average molecular weight is 209 g/mol. The third-order valence-electron chi connectivity index (χ3n) is 1.94. The summed E-state index contributed by atoms with van der Waals surface area (Å²) in [7, 11) is -4.20. The fourth-order valence-electron chi connectivity index (χ4n) is 1.33. The zero-order chi connectivity index (χ0) is 10.2. The van der Waals surface area contributed by atoms with E-state index >= 15 is 0 Å². The van der Waals surface area contributed by atoms with Crippen molar-refractivity contribution < 1.29 is 14.4 Å². The molecule has 1 aromatic heterocycles. The normalized spacial score (nSPS) is 11.9. The molecule has 0 spiro atoms. The van der Waals surface area contributed by atoms with Crippen LogP contribution < -0.4 is 5.30 Å². The molecule has 0 atom stereocenters. The molecule has 0 aliphatic heterocycles. The molecule has 1 heterocycles. The zero-order valence-corrected chi connectivity index (χ0v) is 8.06. The summed E-state index contributed by atoms with van der Waals surface area (Å²) in [6, 6.07) is 8.22. The van der Waals surface area contributed by atoms with E-state index in [9.17, 15) is 4.57 Å². The Hall–Kier alpha value is -1.22. The number of rotatable bonds is 1. The second-order valence-corrected chi connectivity index (χ2v) is 4.46. The Bertz CT molecular complexity index is 515. The van der Waals surface area contributed by atoms with Gasteiger partial charge in [-0.25, -0.2) is 0 Å². The molecule has 2 aromatic rings. The average Bonchev–Trinajstić information content (AvgIpc) is 2.15. The number of aromatic nitrogens is 1. The molecule has 4 nitrogen and oxygen atoms in total. The van der Waals surface area contributed by atoms with Crippen LogP contribution in [0.25, 0.3) is 10.9 Å². The summed E-state index contributed by atoms with van der Waals surface area (Å²) in [5.74, 6) is 0. The Balaban J connectivity index is 2.85. The third kappa shape index (κ3) is 1.55. The van der Waals surface area contributed by atoms with E-state index in [4.69, 9.17) is 9.79 Å². The predicted molar refractivity (Wildman–Crippen MR) is 53.4 cm³/mol. The van der Waals surface area contributed by atoms with Crippen molar-refractivity contribution in [3.63, 3.8) is 0 Å². The van der Waals surface area contributed by atoms with Crippen molar-refractivity contribution in [2.75, 3.05) is 0 Å². The highest BCUT2D eigenvalue weighted by Gasteiger charge is 2.19. The van der Waals surface area contributed by atoms with Crippen LogP contribution in [0.4, 0.5) is 0 Å². The highest BCUT2D eigenvalue weighted by molar-refractivity contribution is 7.60. The van der Waals surface area contributed by atoms with Crippen molar-refractivity contribution in [3.8, 4) is 0 Å². The molecule has 0 radical (unpaired) electrons. The van der Waals surface area contributed by atoms with E-state index in [2.05, 4.69) is 4.98 Å². The monoisotopic (exact) mass is 209 g/mol. The largest absolute Gasteiger partial charge is 0.356 e. The molecule has 0 saturated carbocycles. The van der Waals surface area contributed by atoms with E-state index in [1.54, 1.807) is 24.3 Å². The van der Waals surface area contributed by atoms with Gasteiger partial charge in [-0.15, -0.1) is 0 Å². The maximum atomic E-state index is 11.1. The number of nitrogens with zero attached hydrogens (tertiary/aromatic N) is 1. The van der Waals surface area contributed by atoms with Gasteiger partial charge >= 0.3 is 7.60 Å². The molecule has 0 aliphatic rings. The standard InChI is InChI=1S/C9H8NO3P/c11-14(12,13)9-5-6-10-8-4-2-1-3-7(8)9/h1-6H,(H2,11,12,13). The number of para-hydroxylation sites is 1. The number of hydrogen-bond donors (Lipinski definition) is 2. The molecule has 1 aromatic carbocycles. The molecule has 2 N–H and O–H groups in total. The Morgan fingerprint density at radius 2 is 1.86 bits per heavy atom. The summed E-state index contributed by atoms with van der Waals surface area (Å²) in [4.78, 5) is 22.2. The second-order valence-electron chi connectivity index (χ2n) is 2.89. The second kappa shape index (κ2) is 3.17. The van der Waals surface area contributed by atoms with Crippen LogP contribution in [0.5, 0.6) is 0 Å². The molecule has 5 heteroatoms. The summed E-state index contributed by atoms with van der Waals surface area (Å²) >= 11 is 0. The minimum Gasteiger partial charge on any atom is -0.321 e. The lowest BCUT2D eigenvalue weighted by molar-refractivity contribution is 0.387. The lowest BCUT2D eigenvalue weighted by Gasteiger charge is -2.06. The molecule has 0 amide bonds. The topological polar surface area (TPSA) is 70.4 Å². The summed E-state index contributed by atoms with van der Waals surface area (Å²) in [6.45, 7) is 0. The van der Waals surface area contributed by atoms with Crippen LogP contribution in [0.3, 0.4) is 0 Å². The number of pyridine rings is 1. The Morgan fingerprint density at radius 3 is 2.57 bits per heavy atom. The van der Waals surface area contributed by atoms with Crippen LogP contribution in [0.15, 0.2) is 36.5 Å². The van der Waals surface area contributed by atoms with Gasteiger partial charge in [-0.2, -0.15) is 0 Å². The molecule has 0 aliphatic carbocycles. The number of benzene rings is 1. The van der Waals surface area contributed by atoms with Crippen molar-refractivity contribution in [1.29, 1.82) is 0 Å². The molecule has 14 heavy (non-hydrogen) atoms. The maximum absolute atomic E-state index is 11.1. The Kier molecular flexibility index (Phi) is 2.11. The Labute approximate surface area is 80.4 Å². The molecule has 0 saturated heterocycles. The van der Waals surface area contributed by atoms with E-state index in [1.807, 2.05) is 0 Å². The van der Waals surface area contributed by atoms with Crippen molar-refractivity contribution in [2.45, 2.75) is 0 Å². The molecular weight excluding hydrogens is 201 g/mol. The van der Waals surface area contributed by atoms with Gasteiger partial charge in [0.05, 0.1) is 10.8 Å². The SMILES string of the molecule is O=P(O)(O)c1ccnc2ccccc12. The van der Waals surface area contributed by atoms with Gasteiger partial charge in [-0.1, -0.05) is 18.2 Å². The van der Waals surface area contributed by atoms with Crippen molar-refractivity contribution in [3.05, 3.63) is 36.5 Å². The highest BCUT2D eigenvalue weighted by atomic mass is 31.2. The summed E-state index contributed by atoms with van der Waals surface area (Å²) < 4.78 is 11.1. The van der Waals surface area contributed by atoms with Gasteiger partial charge in [0.15, 0.2) is 0 Å². The van der Waals surface area contributed by atoms with Crippen LogP contribution in [-0.4, -0.2) is 14.8 Å². The quantitative estimate of drug-likeness (QED) is 0.688. The first kappa shape index (κ1) is 9.34. The van der Waals surface area contributed by atoms with E-state index in [0.717, 1.165) is 0 Å². The smallest absolute Gasteiger partial charge is 0.321 e. The van der Waals surface area contributed by atoms with Crippen LogP contribution in [0.2, 0.25) is 0 Å². The fraction of sp³-hybridized carbons (Fsp3) is 0. The molecular formula is C9H8NO3P. The van der Waals surface area contributed by atoms with E-state index < -0.39 is 7.60 Å². The first-order valence-electron chi connectivity index (χ1n) is 3.99. The zero-order valence-electron chi connectivity index (χ0n) is 7.16. The van der Waals surface area contributed by atoms with Gasteiger partial charge in [0.1, 0.15) is 0 Å². The van der Waals surface area contributed by atoms with Gasteiger partial charge in [0, 0.05) is 11.6 Å². The predicted octanol–water partition coefficient (Wildman–Crippen LogP) is 1.04. The van der Waals surface area contributed by atoms with Gasteiger partial charge in [0.2, 0.25) is 0 Å². The van der Waals surface area contributed by atoms with Crippen LogP contribution >= 0.6 is 7.60 Å². The molecule has 72 valence electrons. The van der Waals surface area contributed by atoms with Crippen molar-refractivity contribution >= 4 is 23.8 Å². The fourth-order valence-corrected chi connectivity index (χ4v) is 2.10. The summed E-state index contributed by atoms with van der Waals surface area (Å²) in [5, 5.41) is 0.534. The molecule has 0 fully saturated rings. The number of hydrogen-bond acceptors (Lipinski definition) is 2. The minimum atomic E-state index is -4.20. The Morgan fingerprint density at radius 1 is 1.14 bits per heavy atom. The molecule has 0 unspecified atom stereocenters. The van der Waals surface area contributed by atoms with Crippen LogP contribution in [-0.2, 0) is 4.57 Å². The van der Waals surface area contributed by atoms with E-state index in [-0.39, 0.29) is 5.30 Å². The summed E-state index contributed by atoms with van der Waals surface area (Å²) in [5.41, 5.74) is 0.591.